The minimum Gasteiger partial charge on any atom is -0.396 e. The van der Waals surface area contributed by atoms with Gasteiger partial charge in [-0.3, -0.25) is 5.10 Å². The zero-order chi connectivity index (χ0) is 9.26. The van der Waals surface area contributed by atoms with Crippen molar-refractivity contribution in [2.45, 2.75) is 19.4 Å². The van der Waals surface area contributed by atoms with Gasteiger partial charge in [-0.15, -0.1) is 0 Å². The topological polar surface area (TPSA) is 52.2 Å². The number of fused-ring (bicyclic) bond motifs is 1. The largest absolute Gasteiger partial charge is 0.396 e. The van der Waals surface area contributed by atoms with Gasteiger partial charge in [0.15, 0.2) is 0 Å². The predicted octanol–water partition coefficient (Wildman–Crippen LogP) is -0.0676. The second-order valence-electron chi connectivity index (χ2n) is 3.59. The van der Waals surface area contributed by atoms with Crippen LogP contribution in [-0.4, -0.2) is 40.4 Å². The number of H-pyrrole nitrogens is 1. The lowest BCUT2D eigenvalue weighted by atomic mass is 10.0. The van der Waals surface area contributed by atoms with E-state index in [0.29, 0.717) is 6.42 Å². The first-order chi connectivity index (χ1) is 6.31. The monoisotopic (exact) mass is 181 g/mol. The number of aromatic amines is 1. The van der Waals surface area contributed by atoms with Gasteiger partial charge in [0.1, 0.15) is 0 Å². The fraction of sp³-hybridized carbons (Fsp3) is 0.667. The summed E-state index contributed by atoms with van der Waals surface area (Å²) < 4.78 is 0. The van der Waals surface area contributed by atoms with Crippen LogP contribution in [0.3, 0.4) is 0 Å². The van der Waals surface area contributed by atoms with Crippen LogP contribution in [0, 0.1) is 0 Å². The summed E-state index contributed by atoms with van der Waals surface area (Å²) in [6, 6.07) is 0. The summed E-state index contributed by atoms with van der Waals surface area (Å²) in [7, 11) is 2.11. The molecule has 1 aromatic heterocycles. The number of hydrogen-bond donors (Lipinski definition) is 2. The number of nitrogens with one attached hydrogen (secondary N) is 1. The van der Waals surface area contributed by atoms with E-state index in [9.17, 15) is 0 Å². The van der Waals surface area contributed by atoms with Gasteiger partial charge in [-0.25, -0.2) is 0 Å². The molecule has 1 aliphatic heterocycles. The molecule has 0 saturated carbocycles. The molecule has 72 valence electrons. The number of likely N-dealkylation sites (N-methyl/N-ethyl adjacent to an activating group) is 1. The molecule has 0 fully saturated rings. The molecule has 1 aliphatic rings. The van der Waals surface area contributed by atoms with E-state index in [2.05, 4.69) is 22.1 Å². The number of nitrogens with zero attached hydrogens (tertiary/aromatic N) is 2. The lowest BCUT2D eigenvalue weighted by Crippen LogP contribution is -2.26. The first-order valence-electron chi connectivity index (χ1n) is 4.65. The van der Waals surface area contributed by atoms with E-state index in [1.165, 1.54) is 11.3 Å². The fourth-order valence-electron chi connectivity index (χ4n) is 1.80. The van der Waals surface area contributed by atoms with E-state index >= 15 is 0 Å². The Morgan fingerprint density at radius 1 is 1.62 bits per heavy atom. The van der Waals surface area contributed by atoms with Crippen molar-refractivity contribution in [1.82, 2.24) is 15.1 Å². The standard InChI is InChI=1S/C9H15N3O/c1-12-4-2-8-7(6-12)9(3-5-13)11-10-8/h13H,2-6H2,1H3,(H,10,11). The molecule has 0 spiro atoms. The van der Waals surface area contributed by atoms with Crippen LogP contribution in [0.25, 0.3) is 0 Å². The van der Waals surface area contributed by atoms with E-state index in [0.717, 1.165) is 25.2 Å². The molecule has 0 atom stereocenters. The molecule has 0 radical (unpaired) electrons. The van der Waals surface area contributed by atoms with E-state index in [1.54, 1.807) is 0 Å². The number of aromatic nitrogens is 2. The molecule has 0 aromatic carbocycles. The Bertz CT molecular complexity index is 295. The highest BCUT2D eigenvalue weighted by molar-refractivity contribution is 5.27. The maximum absolute atomic E-state index is 8.84. The smallest absolute Gasteiger partial charge is 0.0692 e. The Labute approximate surface area is 77.6 Å². The Morgan fingerprint density at radius 3 is 3.23 bits per heavy atom. The number of rotatable bonds is 2. The van der Waals surface area contributed by atoms with Gasteiger partial charge >= 0.3 is 0 Å². The second-order valence-corrected chi connectivity index (χ2v) is 3.59. The average molecular weight is 181 g/mol. The summed E-state index contributed by atoms with van der Waals surface area (Å²) in [5.41, 5.74) is 3.58. The summed E-state index contributed by atoms with van der Waals surface area (Å²) in [5, 5.41) is 16.1. The molecule has 0 bridgehead atoms. The van der Waals surface area contributed by atoms with Crippen molar-refractivity contribution in [3.63, 3.8) is 0 Å². The quantitative estimate of drug-likeness (QED) is 0.671. The van der Waals surface area contributed by atoms with Gasteiger partial charge in [0.2, 0.25) is 0 Å². The summed E-state index contributed by atoms with van der Waals surface area (Å²) in [4.78, 5) is 2.28. The van der Waals surface area contributed by atoms with Gasteiger partial charge < -0.3 is 10.0 Å². The van der Waals surface area contributed by atoms with Crippen molar-refractivity contribution in [2.75, 3.05) is 20.2 Å². The van der Waals surface area contributed by atoms with Crippen molar-refractivity contribution < 1.29 is 5.11 Å². The Hall–Kier alpha value is -0.870. The molecule has 0 amide bonds. The van der Waals surface area contributed by atoms with Crippen LogP contribution in [0.2, 0.25) is 0 Å². The Balaban J connectivity index is 2.25. The van der Waals surface area contributed by atoms with Gasteiger partial charge in [-0.05, 0) is 7.05 Å². The maximum atomic E-state index is 8.84. The molecular weight excluding hydrogens is 166 g/mol. The third-order valence-electron chi connectivity index (χ3n) is 2.56. The molecule has 4 nitrogen and oxygen atoms in total. The summed E-state index contributed by atoms with van der Waals surface area (Å²) in [5.74, 6) is 0. The average Bonchev–Trinajstić information content (AvgIpc) is 2.49. The zero-order valence-corrected chi connectivity index (χ0v) is 7.88. The number of aliphatic hydroxyl groups is 1. The summed E-state index contributed by atoms with van der Waals surface area (Å²) in [6.07, 6.45) is 1.71. The molecular formula is C9H15N3O. The van der Waals surface area contributed by atoms with E-state index in [-0.39, 0.29) is 6.61 Å². The third kappa shape index (κ3) is 1.59. The lowest BCUT2D eigenvalue weighted by Gasteiger charge is -2.22. The lowest BCUT2D eigenvalue weighted by molar-refractivity contribution is 0.292. The highest BCUT2D eigenvalue weighted by Gasteiger charge is 2.18. The highest BCUT2D eigenvalue weighted by atomic mass is 16.3. The van der Waals surface area contributed by atoms with Crippen LogP contribution in [0.1, 0.15) is 17.0 Å². The Kier molecular flexibility index (Phi) is 2.33. The first kappa shape index (κ1) is 8.72. The first-order valence-corrected chi connectivity index (χ1v) is 4.65. The Morgan fingerprint density at radius 2 is 2.46 bits per heavy atom. The fourth-order valence-corrected chi connectivity index (χ4v) is 1.80. The van der Waals surface area contributed by atoms with Gasteiger partial charge in [0.05, 0.1) is 5.69 Å². The van der Waals surface area contributed by atoms with Crippen molar-refractivity contribution in [3.8, 4) is 0 Å². The molecule has 13 heavy (non-hydrogen) atoms. The summed E-state index contributed by atoms with van der Waals surface area (Å²) in [6.45, 7) is 2.23. The van der Waals surface area contributed by atoms with Gasteiger partial charge in [0.25, 0.3) is 0 Å². The van der Waals surface area contributed by atoms with E-state index in [1.807, 2.05) is 0 Å². The van der Waals surface area contributed by atoms with Crippen molar-refractivity contribution in [3.05, 3.63) is 17.0 Å². The van der Waals surface area contributed by atoms with Crippen molar-refractivity contribution in [1.29, 1.82) is 0 Å². The molecule has 2 rings (SSSR count). The number of hydrogen-bond acceptors (Lipinski definition) is 3. The molecule has 4 heteroatoms. The second kappa shape index (κ2) is 3.47. The normalized spacial score (nSPS) is 17.4. The van der Waals surface area contributed by atoms with Gasteiger partial charge in [-0.1, -0.05) is 0 Å². The van der Waals surface area contributed by atoms with Crippen molar-refractivity contribution in [2.24, 2.45) is 0 Å². The van der Waals surface area contributed by atoms with Crippen molar-refractivity contribution >= 4 is 0 Å². The van der Waals surface area contributed by atoms with E-state index in [4.69, 9.17) is 5.11 Å². The minimum absolute atomic E-state index is 0.182. The van der Waals surface area contributed by atoms with Crippen LogP contribution in [0.5, 0.6) is 0 Å². The molecule has 2 heterocycles. The van der Waals surface area contributed by atoms with Crippen LogP contribution >= 0.6 is 0 Å². The van der Waals surface area contributed by atoms with Crippen LogP contribution < -0.4 is 0 Å². The SMILES string of the molecule is CN1CCc2[nH]nc(CCO)c2C1. The number of aliphatic hydroxyl groups excluding tert-OH is 1. The zero-order valence-electron chi connectivity index (χ0n) is 7.88. The van der Waals surface area contributed by atoms with Crippen LogP contribution in [0.15, 0.2) is 0 Å². The predicted molar refractivity (Wildman–Crippen MR) is 49.4 cm³/mol. The van der Waals surface area contributed by atoms with Gasteiger partial charge in [0, 0.05) is 43.8 Å². The summed E-state index contributed by atoms with van der Waals surface area (Å²) >= 11 is 0. The van der Waals surface area contributed by atoms with Gasteiger partial charge in [-0.2, -0.15) is 5.10 Å². The molecule has 2 N–H and O–H groups in total. The molecule has 0 unspecified atom stereocenters. The maximum Gasteiger partial charge on any atom is 0.0692 e. The van der Waals surface area contributed by atoms with Crippen LogP contribution in [-0.2, 0) is 19.4 Å². The minimum atomic E-state index is 0.182. The molecule has 0 aliphatic carbocycles. The van der Waals surface area contributed by atoms with Crippen LogP contribution in [0.4, 0.5) is 0 Å². The third-order valence-corrected chi connectivity index (χ3v) is 2.56. The highest BCUT2D eigenvalue weighted by Crippen LogP contribution is 2.19. The molecule has 0 saturated heterocycles. The van der Waals surface area contributed by atoms with E-state index < -0.39 is 0 Å². The molecule has 1 aromatic rings.